The van der Waals surface area contributed by atoms with E-state index in [1.54, 1.807) is 25.3 Å². The maximum atomic E-state index is 12.6. The van der Waals surface area contributed by atoms with E-state index in [0.29, 0.717) is 28.2 Å². The molecule has 3 nitrogen and oxygen atoms in total. The Bertz CT molecular complexity index is 465. The smallest absolute Gasteiger partial charge is 0.257 e. The molecule has 0 aromatic heterocycles. The van der Waals surface area contributed by atoms with E-state index in [4.69, 9.17) is 16.3 Å². The van der Waals surface area contributed by atoms with Crippen LogP contribution in [0.1, 0.15) is 30.6 Å². The van der Waals surface area contributed by atoms with Gasteiger partial charge in [0.05, 0.1) is 12.7 Å². The van der Waals surface area contributed by atoms with Crippen LogP contribution in [0.15, 0.2) is 18.2 Å². The number of piperidine rings is 1. The number of methoxy groups -OCH3 is 1. The van der Waals surface area contributed by atoms with Crippen LogP contribution < -0.4 is 4.74 Å². The maximum absolute atomic E-state index is 12.6. The van der Waals surface area contributed by atoms with Crippen molar-refractivity contribution in [1.29, 1.82) is 0 Å². The van der Waals surface area contributed by atoms with E-state index in [1.165, 1.54) is 6.42 Å². The minimum atomic E-state index is 0.0118. The van der Waals surface area contributed by atoms with Crippen molar-refractivity contribution in [1.82, 2.24) is 4.90 Å². The fraction of sp³-hybridized carbons (Fsp3) is 0.533. The van der Waals surface area contributed by atoms with Crippen LogP contribution >= 0.6 is 11.6 Å². The highest BCUT2D eigenvalue weighted by atomic mass is 35.5. The van der Waals surface area contributed by atoms with Crippen molar-refractivity contribution in [2.24, 2.45) is 11.8 Å². The van der Waals surface area contributed by atoms with Crippen LogP contribution in [-0.2, 0) is 0 Å². The van der Waals surface area contributed by atoms with Crippen LogP contribution in [0, 0.1) is 11.8 Å². The van der Waals surface area contributed by atoms with E-state index in [2.05, 4.69) is 13.8 Å². The summed E-state index contributed by atoms with van der Waals surface area (Å²) in [4.78, 5) is 14.5. The summed E-state index contributed by atoms with van der Waals surface area (Å²) in [6, 6.07) is 5.16. The number of benzene rings is 1. The first kappa shape index (κ1) is 14.2. The molecule has 0 spiro atoms. The van der Waals surface area contributed by atoms with Gasteiger partial charge in [-0.1, -0.05) is 25.4 Å². The second-order valence-corrected chi connectivity index (χ2v) is 5.94. The van der Waals surface area contributed by atoms with Gasteiger partial charge in [0.1, 0.15) is 5.75 Å². The Labute approximate surface area is 119 Å². The zero-order chi connectivity index (χ0) is 14.0. The molecule has 19 heavy (non-hydrogen) atoms. The minimum Gasteiger partial charge on any atom is -0.496 e. The van der Waals surface area contributed by atoms with Crippen molar-refractivity contribution < 1.29 is 9.53 Å². The van der Waals surface area contributed by atoms with Gasteiger partial charge < -0.3 is 9.64 Å². The monoisotopic (exact) mass is 281 g/mol. The summed E-state index contributed by atoms with van der Waals surface area (Å²) >= 11 is 5.99. The molecule has 1 aliphatic rings. The molecule has 1 aliphatic heterocycles. The molecule has 1 aromatic carbocycles. The normalized spacial score (nSPS) is 23.3. The molecule has 1 heterocycles. The Kier molecular flexibility index (Phi) is 4.35. The van der Waals surface area contributed by atoms with Crippen LogP contribution in [0.4, 0.5) is 0 Å². The first-order valence-electron chi connectivity index (χ1n) is 6.64. The van der Waals surface area contributed by atoms with E-state index in [-0.39, 0.29) is 5.91 Å². The Morgan fingerprint density at radius 3 is 2.53 bits per heavy atom. The third-order valence-corrected chi connectivity index (χ3v) is 3.78. The third-order valence-electron chi connectivity index (χ3n) is 3.55. The van der Waals surface area contributed by atoms with Crippen molar-refractivity contribution in [3.8, 4) is 5.75 Å². The molecule has 0 saturated carbocycles. The van der Waals surface area contributed by atoms with Crippen molar-refractivity contribution in [2.45, 2.75) is 20.3 Å². The molecule has 0 aliphatic carbocycles. The number of ether oxygens (including phenoxy) is 1. The number of hydrogen-bond donors (Lipinski definition) is 0. The summed E-state index contributed by atoms with van der Waals surface area (Å²) in [5, 5.41) is 0.558. The topological polar surface area (TPSA) is 29.5 Å². The van der Waals surface area contributed by atoms with Gasteiger partial charge in [0, 0.05) is 18.1 Å². The standard InChI is InChI=1S/C15H20ClNO2/c1-10-6-11(2)9-17(8-10)15(18)13-7-12(16)4-5-14(13)19-3/h4-5,7,10-11H,6,8-9H2,1-3H3/t10-,11-/m0/s1. The first-order chi connectivity index (χ1) is 9.01. The quantitative estimate of drug-likeness (QED) is 0.831. The zero-order valence-electron chi connectivity index (χ0n) is 11.6. The Hall–Kier alpha value is -1.22. The van der Waals surface area contributed by atoms with Crippen molar-refractivity contribution in [3.05, 3.63) is 28.8 Å². The lowest BCUT2D eigenvalue weighted by Gasteiger charge is -2.35. The highest BCUT2D eigenvalue weighted by molar-refractivity contribution is 6.31. The average Bonchev–Trinajstić information content (AvgIpc) is 2.36. The number of halogens is 1. The fourth-order valence-electron chi connectivity index (χ4n) is 2.85. The second-order valence-electron chi connectivity index (χ2n) is 5.50. The minimum absolute atomic E-state index is 0.0118. The SMILES string of the molecule is COc1ccc(Cl)cc1C(=O)N1C[C@@H](C)C[C@H](C)C1. The molecule has 0 unspecified atom stereocenters. The molecule has 1 saturated heterocycles. The predicted octanol–water partition coefficient (Wildman–Crippen LogP) is 3.47. The largest absolute Gasteiger partial charge is 0.496 e. The van der Waals surface area contributed by atoms with E-state index < -0.39 is 0 Å². The summed E-state index contributed by atoms with van der Waals surface area (Å²) in [6.07, 6.45) is 1.18. The number of nitrogens with zero attached hydrogens (tertiary/aromatic N) is 1. The Morgan fingerprint density at radius 2 is 1.95 bits per heavy atom. The molecule has 0 bridgehead atoms. The molecule has 4 heteroatoms. The first-order valence-corrected chi connectivity index (χ1v) is 7.02. The van der Waals surface area contributed by atoms with Crippen LogP contribution in [0.5, 0.6) is 5.75 Å². The van der Waals surface area contributed by atoms with Gasteiger partial charge in [0.2, 0.25) is 0 Å². The van der Waals surface area contributed by atoms with Gasteiger partial charge in [0.25, 0.3) is 5.91 Å². The highest BCUT2D eigenvalue weighted by Crippen LogP contribution is 2.27. The van der Waals surface area contributed by atoms with Crippen LogP contribution in [-0.4, -0.2) is 31.0 Å². The summed E-state index contributed by atoms with van der Waals surface area (Å²) in [5.41, 5.74) is 0.552. The van der Waals surface area contributed by atoms with E-state index in [0.717, 1.165) is 13.1 Å². The molecule has 2 atom stereocenters. The molecule has 1 aromatic rings. The highest BCUT2D eigenvalue weighted by Gasteiger charge is 2.27. The number of likely N-dealkylation sites (tertiary alicyclic amines) is 1. The van der Waals surface area contributed by atoms with Crippen molar-refractivity contribution >= 4 is 17.5 Å². The van der Waals surface area contributed by atoms with E-state index in [1.807, 2.05) is 4.90 Å². The zero-order valence-corrected chi connectivity index (χ0v) is 12.4. The van der Waals surface area contributed by atoms with Gasteiger partial charge in [-0.05, 0) is 36.5 Å². The van der Waals surface area contributed by atoms with Crippen LogP contribution in [0.3, 0.4) is 0 Å². The Balaban J connectivity index is 2.26. The second kappa shape index (κ2) is 5.83. The van der Waals surface area contributed by atoms with Gasteiger partial charge in [-0.2, -0.15) is 0 Å². The average molecular weight is 282 g/mol. The number of carbonyl (C=O) groups is 1. The van der Waals surface area contributed by atoms with Gasteiger partial charge >= 0.3 is 0 Å². The van der Waals surface area contributed by atoms with Crippen LogP contribution in [0.2, 0.25) is 5.02 Å². The summed E-state index contributed by atoms with van der Waals surface area (Å²) < 4.78 is 5.26. The van der Waals surface area contributed by atoms with Crippen molar-refractivity contribution in [2.75, 3.05) is 20.2 Å². The molecule has 1 fully saturated rings. The van der Waals surface area contributed by atoms with Gasteiger partial charge in [-0.3, -0.25) is 4.79 Å². The fourth-order valence-corrected chi connectivity index (χ4v) is 3.02. The molecule has 0 N–H and O–H groups in total. The summed E-state index contributed by atoms with van der Waals surface area (Å²) in [5.74, 6) is 1.67. The number of amides is 1. The number of hydrogen-bond acceptors (Lipinski definition) is 2. The molecular weight excluding hydrogens is 262 g/mol. The van der Waals surface area contributed by atoms with Gasteiger partial charge in [-0.15, -0.1) is 0 Å². The predicted molar refractivity (Wildman–Crippen MR) is 76.9 cm³/mol. The summed E-state index contributed by atoms with van der Waals surface area (Å²) in [6.45, 7) is 5.98. The van der Waals surface area contributed by atoms with Crippen molar-refractivity contribution in [3.63, 3.8) is 0 Å². The van der Waals surface area contributed by atoms with Gasteiger partial charge in [0.15, 0.2) is 0 Å². The molecule has 1 amide bonds. The lowest BCUT2D eigenvalue weighted by Crippen LogP contribution is -2.42. The maximum Gasteiger partial charge on any atom is 0.257 e. The molecular formula is C15H20ClNO2. The summed E-state index contributed by atoms with van der Waals surface area (Å²) in [7, 11) is 1.57. The van der Waals surface area contributed by atoms with E-state index >= 15 is 0 Å². The lowest BCUT2D eigenvalue weighted by molar-refractivity contribution is 0.0620. The lowest BCUT2D eigenvalue weighted by atomic mass is 9.91. The number of carbonyl (C=O) groups excluding carboxylic acids is 1. The van der Waals surface area contributed by atoms with Gasteiger partial charge in [-0.25, -0.2) is 0 Å². The van der Waals surface area contributed by atoms with Crippen LogP contribution in [0.25, 0.3) is 0 Å². The Morgan fingerprint density at radius 1 is 1.32 bits per heavy atom. The van der Waals surface area contributed by atoms with E-state index in [9.17, 15) is 4.79 Å². The molecule has 104 valence electrons. The molecule has 2 rings (SSSR count). The molecule has 0 radical (unpaired) electrons. The third kappa shape index (κ3) is 3.21. The number of rotatable bonds is 2.